The molecule has 0 spiro atoms. The Hall–Kier alpha value is -2.82. The summed E-state index contributed by atoms with van der Waals surface area (Å²) in [5.41, 5.74) is 3.13. The Morgan fingerprint density at radius 2 is 1.96 bits per heavy atom. The maximum atomic E-state index is 10.6. The maximum absolute atomic E-state index is 10.6. The zero-order valence-electron chi connectivity index (χ0n) is 12.9. The summed E-state index contributed by atoms with van der Waals surface area (Å²) in [6, 6.07) is 15.9. The molecular formula is C18H18N2O3. The number of rotatable bonds is 6. The van der Waals surface area contributed by atoms with Crippen molar-refractivity contribution in [1.29, 1.82) is 0 Å². The minimum atomic E-state index is -0.283. The van der Waals surface area contributed by atoms with Crippen LogP contribution in [0.5, 0.6) is 5.75 Å². The Balaban J connectivity index is 1.82. The van der Waals surface area contributed by atoms with Crippen LogP contribution in [0.2, 0.25) is 0 Å². The molecule has 0 aliphatic rings. The van der Waals surface area contributed by atoms with Crippen LogP contribution in [-0.2, 0) is 20.1 Å². The summed E-state index contributed by atoms with van der Waals surface area (Å²) >= 11 is 0. The standard InChI is InChI=1S/C18H18N2O3/c1-19-12-15(9-10-20(21)22)17-11-16(7-8-18(17)19)23-13-14-5-3-2-4-6-14/h2-8,11-12H,9-10,13H2,1H3. The molecule has 0 atom stereocenters. The molecule has 118 valence electrons. The van der Waals surface area contributed by atoms with E-state index in [9.17, 15) is 10.1 Å². The molecular weight excluding hydrogens is 292 g/mol. The van der Waals surface area contributed by atoms with E-state index >= 15 is 0 Å². The molecule has 3 rings (SSSR count). The fourth-order valence-corrected chi connectivity index (χ4v) is 2.69. The first kappa shape index (κ1) is 15.1. The van der Waals surface area contributed by atoms with Gasteiger partial charge in [-0.05, 0) is 29.3 Å². The highest BCUT2D eigenvalue weighted by atomic mass is 16.6. The first-order valence-corrected chi connectivity index (χ1v) is 7.50. The lowest BCUT2D eigenvalue weighted by molar-refractivity contribution is -0.479. The van der Waals surface area contributed by atoms with Gasteiger partial charge in [-0.25, -0.2) is 0 Å². The maximum Gasteiger partial charge on any atom is 0.207 e. The fraction of sp³-hybridized carbons (Fsp3) is 0.222. The van der Waals surface area contributed by atoms with E-state index in [2.05, 4.69) is 0 Å². The molecule has 0 amide bonds. The molecule has 0 saturated heterocycles. The van der Waals surface area contributed by atoms with Crippen molar-refractivity contribution in [1.82, 2.24) is 4.57 Å². The first-order valence-electron chi connectivity index (χ1n) is 7.50. The van der Waals surface area contributed by atoms with Crippen LogP contribution in [0.15, 0.2) is 54.7 Å². The Morgan fingerprint density at radius 3 is 2.70 bits per heavy atom. The molecule has 0 aliphatic heterocycles. The van der Waals surface area contributed by atoms with E-state index in [1.807, 2.05) is 66.3 Å². The third-order valence-corrected chi connectivity index (χ3v) is 3.86. The second kappa shape index (κ2) is 6.52. The number of benzene rings is 2. The van der Waals surface area contributed by atoms with Crippen LogP contribution in [0.25, 0.3) is 10.9 Å². The smallest absolute Gasteiger partial charge is 0.207 e. The molecule has 0 radical (unpaired) electrons. The number of hydrogen-bond donors (Lipinski definition) is 0. The molecule has 0 bridgehead atoms. The Labute approximate surface area is 134 Å². The number of nitrogens with zero attached hydrogens (tertiary/aromatic N) is 2. The Morgan fingerprint density at radius 1 is 1.17 bits per heavy atom. The number of nitro groups is 1. The van der Waals surface area contributed by atoms with Crippen molar-refractivity contribution >= 4 is 10.9 Å². The highest BCUT2D eigenvalue weighted by Crippen LogP contribution is 2.26. The lowest BCUT2D eigenvalue weighted by Crippen LogP contribution is -2.03. The summed E-state index contributed by atoms with van der Waals surface area (Å²) in [4.78, 5) is 10.3. The van der Waals surface area contributed by atoms with Crippen LogP contribution in [-0.4, -0.2) is 16.0 Å². The van der Waals surface area contributed by atoms with Crippen LogP contribution in [0.3, 0.4) is 0 Å². The van der Waals surface area contributed by atoms with Gasteiger partial charge < -0.3 is 9.30 Å². The zero-order valence-corrected chi connectivity index (χ0v) is 12.9. The normalized spacial score (nSPS) is 10.8. The molecule has 1 heterocycles. The number of fused-ring (bicyclic) bond motifs is 1. The summed E-state index contributed by atoms with van der Waals surface area (Å²) in [6.45, 7) is 0.442. The Kier molecular flexibility index (Phi) is 4.28. The van der Waals surface area contributed by atoms with Gasteiger partial charge in [0.15, 0.2) is 0 Å². The molecule has 1 aromatic heterocycles. The van der Waals surface area contributed by atoms with Crippen molar-refractivity contribution in [3.63, 3.8) is 0 Å². The van der Waals surface area contributed by atoms with Gasteiger partial charge in [0.1, 0.15) is 12.4 Å². The van der Waals surface area contributed by atoms with E-state index in [1.54, 1.807) is 0 Å². The van der Waals surface area contributed by atoms with Gasteiger partial charge in [0.25, 0.3) is 0 Å². The summed E-state index contributed by atoms with van der Waals surface area (Å²) in [5, 5.41) is 11.6. The highest BCUT2D eigenvalue weighted by molar-refractivity contribution is 5.85. The van der Waals surface area contributed by atoms with Crippen molar-refractivity contribution in [3.8, 4) is 5.75 Å². The predicted octanol–water partition coefficient (Wildman–Crippen LogP) is 3.58. The van der Waals surface area contributed by atoms with Crippen LogP contribution in [0.4, 0.5) is 0 Å². The van der Waals surface area contributed by atoms with Gasteiger partial charge in [-0.15, -0.1) is 0 Å². The largest absolute Gasteiger partial charge is 0.489 e. The summed E-state index contributed by atoms with van der Waals surface area (Å²) < 4.78 is 7.84. The number of hydrogen-bond acceptors (Lipinski definition) is 3. The SMILES string of the molecule is Cn1cc(CC[N+](=O)[O-])c2cc(OCc3ccccc3)ccc21. The van der Waals surface area contributed by atoms with Crippen molar-refractivity contribution in [2.75, 3.05) is 6.54 Å². The quantitative estimate of drug-likeness (QED) is 0.516. The minimum Gasteiger partial charge on any atom is -0.489 e. The van der Waals surface area contributed by atoms with Gasteiger partial charge >= 0.3 is 0 Å². The molecule has 5 heteroatoms. The Bertz CT molecular complexity index is 825. The van der Waals surface area contributed by atoms with Crippen LogP contribution < -0.4 is 4.74 Å². The summed E-state index contributed by atoms with van der Waals surface area (Å²) in [6.07, 6.45) is 2.38. The van der Waals surface area contributed by atoms with E-state index in [0.717, 1.165) is 27.8 Å². The average molecular weight is 310 g/mol. The molecule has 2 aromatic carbocycles. The monoisotopic (exact) mass is 310 g/mol. The van der Waals surface area contributed by atoms with Crippen molar-refractivity contribution < 1.29 is 9.66 Å². The van der Waals surface area contributed by atoms with Crippen LogP contribution in [0, 0.1) is 10.1 Å². The summed E-state index contributed by atoms with van der Waals surface area (Å²) in [5.74, 6) is 0.773. The van der Waals surface area contributed by atoms with Crippen molar-refractivity contribution in [3.05, 3.63) is 76.0 Å². The molecule has 0 aliphatic carbocycles. The second-order valence-electron chi connectivity index (χ2n) is 5.52. The average Bonchev–Trinajstić information content (AvgIpc) is 2.88. The van der Waals surface area contributed by atoms with E-state index in [-0.39, 0.29) is 11.5 Å². The van der Waals surface area contributed by atoms with Gasteiger partial charge in [-0.2, -0.15) is 0 Å². The van der Waals surface area contributed by atoms with Gasteiger partial charge in [-0.3, -0.25) is 10.1 Å². The zero-order chi connectivity index (χ0) is 16.2. The van der Waals surface area contributed by atoms with Gasteiger partial charge in [0, 0.05) is 35.5 Å². The molecule has 5 nitrogen and oxygen atoms in total. The second-order valence-corrected chi connectivity index (χ2v) is 5.52. The minimum absolute atomic E-state index is 0.0613. The lowest BCUT2D eigenvalue weighted by atomic mass is 10.1. The predicted molar refractivity (Wildman–Crippen MR) is 89.3 cm³/mol. The van der Waals surface area contributed by atoms with Crippen molar-refractivity contribution in [2.24, 2.45) is 7.05 Å². The third kappa shape index (κ3) is 3.51. The molecule has 3 aromatic rings. The molecule has 0 N–H and O–H groups in total. The van der Waals surface area contributed by atoms with Gasteiger partial charge in [0.2, 0.25) is 6.54 Å². The molecule has 23 heavy (non-hydrogen) atoms. The molecule has 0 unspecified atom stereocenters. The van der Waals surface area contributed by atoms with Gasteiger partial charge in [-0.1, -0.05) is 30.3 Å². The van der Waals surface area contributed by atoms with Crippen molar-refractivity contribution in [2.45, 2.75) is 13.0 Å². The lowest BCUT2D eigenvalue weighted by Gasteiger charge is -2.07. The van der Waals surface area contributed by atoms with Gasteiger partial charge in [0.05, 0.1) is 0 Å². The van der Waals surface area contributed by atoms with E-state index < -0.39 is 0 Å². The van der Waals surface area contributed by atoms with E-state index in [1.165, 1.54) is 0 Å². The fourth-order valence-electron chi connectivity index (χ4n) is 2.69. The number of aryl methyl sites for hydroxylation is 1. The molecule has 0 saturated carbocycles. The van der Waals surface area contributed by atoms with Crippen LogP contribution >= 0.6 is 0 Å². The number of aromatic nitrogens is 1. The number of ether oxygens (including phenoxy) is 1. The van der Waals surface area contributed by atoms with E-state index in [4.69, 9.17) is 4.74 Å². The highest BCUT2D eigenvalue weighted by Gasteiger charge is 2.10. The van der Waals surface area contributed by atoms with E-state index in [0.29, 0.717) is 13.0 Å². The van der Waals surface area contributed by atoms with Crippen LogP contribution in [0.1, 0.15) is 11.1 Å². The first-order chi connectivity index (χ1) is 11.1. The topological polar surface area (TPSA) is 57.3 Å². The summed E-state index contributed by atoms with van der Waals surface area (Å²) in [7, 11) is 1.95. The third-order valence-electron chi connectivity index (χ3n) is 3.86. The molecule has 0 fully saturated rings.